The minimum Gasteiger partial charge on any atom is -0.392 e. The van der Waals surface area contributed by atoms with Crippen LogP contribution >= 0.6 is 0 Å². The van der Waals surface area contributed by atoms with Crippen LogP contribution in [0.25, 0.3) is 0 Å². The molecule has 2 nitrogen and oxygen atoms in total. The summed E-state index contributed by atoms with van der Waals surface area (Å²) in [5.74, 6) is 0. The molecule has 0 aromatic heterocycles. The van der Waals surface area contributed by atoms with E-state index in [1.54, 1.807) is 0 Å². The summed E-state index contributed by atoms with van der Waals surface area (Å²) in [7, 11) is 1.94. The first-order valence-electron chi connectivity index (χ1n) is 3.52. The van der Waals surface area contributed by atoms with Crippen LogP contribution in [0, 0.1) is 0 Å². The molecular weight excluding hydrogens is 126 g/mol. The number of hydrogen-bond donors (Lipinski definition) is 2. The zero-order chi connectivity index (χ0) is 7.40. The van der Waals surface area contributed by atoms with Crippen molar-refractivity contribution < 1.29 is 5.11 Å². The molecule has 1 aliphatic rings. The molecule has 0 aliphatic heterocycles. The molecule has 0 aromatic rings. The fraction of sp³-hybridized carbons (Fsp3) is 0.500. The Balaban J connectivity index is 2.46. The second-order valence-electron chi connectivity index (χ2n) is 2.43. The molecule has 0 saturated heterocycles. The number of hydrogen-bond acceptors (Lipinski definition) is 2. The Morgan fingerprint density at radius 3 is 3.00 bits per heavy atom. The molecule has 0 aromatic carbocycles. The molecule has 1 aliphatic carbocycles. The molecule has 0 saturated carbocycles. The maximum absolute atomic E-state index is 8.71. The second-order valence-corrected chi connectivity index (χ2v) is 2.43. The van der Waals surface area contributed by atoms with Crippen molar-refractivity contribution >= 4 is 0 Å². The summed E-state index contributed by atoms with van der Waals surface area (Å²) in [5.41, 5.74) is 1.02. The van der Waals surface area contributed by atoms with Crippen LogP contribution in [0.2, 0.25) is 0 Å². The standard InChI is InChI=1S/C8H13NO/c1-9-8-4-2-7(6-10)3-5-8/h2-4,8-10H,5-6H2,1H3. The Bertz CT molecular complexity index is 161. The van der Waals surface area contributed by atoms with Crippen molar-refractivity contribution in [2.75, 3.05) is 13.7 Å². The fourth-order valence-corrected chi connectivity index (χ4v) is 0.996. The number of aliphatic hydroxyl groups is 1. The van der Waals surface area contributed by atoms with E-state index < -0.39 is 0 Å². The van der Waals surface area contributed by atoms with E-state index in [0.717, 1.165) is 12.0 Å². The molecule has 1 rings (SSSR count). The Morgan fingerprint density at radius 1 is 1.80 bits per heavy atom. The lowest BCUT2D eigenvalue weighted by Gasteiger charge is -2.13. The average Bonchev–Trinajstić information content (AvgIpc) is 2.05. The van der Waals surface area contributed by atoms with Crippen molar-refractivity contribution in [3.05, 3.63) is 23.8 Å². The highest BCUT2D eigenvalue weighted by molar-refractivity contribution is 5.25. The van der Waals surface area contributed by atoms with E-state index >= 15 is 0 Å². The van der Waals surface area contributed by atoms with Crippen molar-refractivity contribution in [2.24, 2.45) is 0 Å². The zero-order valence-electron chi connectivity index (χ0n) is 6.17. The minimum atomic E-state index is 0.160. The lowest BCUT2D eigenvalue weighted by atomic mass is 10.0. The third-order valence-electron chi connectivity index (χ3n) is 1.73. The van der Waals surface area contributed by atoms with Gasteiger partial charge >= 0.3 is 0 Å². The lowest BCUT2D eigenvalue weighted by molar-refractivity contribution is 0.333. The van der Waals surface area contributed by atoms with E-state index in [-0.39, 0.29) is 6.61 Å². The van der Waals surface area contributed by atoms with E-state index in [2.05, 4.69) is 17.5 Å². The molecule has 2 N–H and O–H groups in total. The SMILES string of the molecule is CNC1C=CC(CO)=CC1. The topological polar surface area (TPSA) is 32.3 Å². The summed E-state index contributed by atoms with van der Waals surface area (Å²) in [6.45, 7) is 0.160. The highest BCUT2D eigenvalue weighted by Gasteiger charge is 2.03. The van der Waals surface area contributed by atoms with Gasteiger partial charge in [-0.1, -0.05) is 18.2 Å². The van der Waals surface area contributed by atoms with Gasteiger partial charge in [-0.05, 0) is 19.0 Å². The summed E-state index contributed by atoms with van der Waals surface area (Å²) < 4.78 is 0. The molecule has 0 amide bonds. The number of aliphatic hydroxyl groups excluding tert-OH is 1. The number of nitrogens with one attached hydrogen (secondary N) is 1. The molecule has 0 heterocycles. The van der Waals surface area contributed by atoms with E-state index in [9.17, 15) is 0 Å². The summed E-state index contributed by atoms with van der Waals surface area (Å²) in [6.07, 6.45) is 7.08. The van der Waals surface area contributed by atoms with Crippen molar-refractivity contribution in [3.8, 4) is 0 Å². The molecule has 0 radical (unpaired) electrons. The fourth-order valence-electron chi connectivity index (χ4n) is 0.996. The normalized spacial score (nSPS) is 24.6. The molecule has 56 valence electrons. The highest BCUT2D eigenvalue weighted by atomic mass is 16.3. The lowest BCUT2D eigenvalue weighted by Crippen LogP contribution is -2.23. The minimum absolute atomic E-state index is 0.160. The smallest absolute Gasteiger partial charge is 0.0678 e. The third-order valence-corrected chi connectivity index (χ3v) is 1.73. The number of likely N-dealkylation sites (N-methyl/N-ethyl adjacent to an activating group) is 1. The predicted molar refractivity (Wildman–Crippen MR) is 41.8 cm³/mol. The maximum Gasteiger partial charge on any atom is 0.0678 e. The monoisotopic (exact) mass is 139 g/mol. The van der Waals surface area contributed by atoms with Crippen LogP contribution in [0.3, 0.4) is 0 Å². The summed E-state index contributed by atoms with van der Waals surface area (Å²) in [5, 5.41) is 11.8. The third kappa shape index (κ3) is 1.69. The van der Waals surface area contributed by atoms with E-state index in [4.69, 9.17) is 5.11 Å². The number of rotatable bonds is 2. The van der Waals surface area contributed by atoms with Gasteiger partial charge in [0.25, 0.3) is 0 Å². The van der Waals surface area contributed by atoms with E-state index in [1.165, 1.54) is 0 Å². The van der Waals surface area contributed by atoms with Gasteiger partial charge in [0.1, 0.15) is 0 Å². The molecule has 1 atom stereocenters. The van der Waals surface area contributed by atoms with E-state index in [0.29, 0.717) is 6.04 Å². The Labute approximate surface area is 61.3 Å². The van der Waals surface area contributed by atoms with Crippen molar-refractivity contribution in [1.29, 1.82) is 0 Å². The van der Waals surface area contributed by atoms with Crippen LogP contribution in [0.15, 0.2) is 23.8 Å². The summed E-state index contributed by atoms with van der Waals surface area (Å²) in [4.78, 5) is 0. The van der Waals surface area contributed by atoms with Crippen LogP contribution in [-0.2, 0) is 0 Å². The maximum atomic E-state index is 8.71. The quantitative estimate of drug-likeness (QED) is 0.582. The van der Waals surface area contributed by atoms with Gasteiger partial charge in [-0.2, -0.15) is 0 Å². The Morgan fingerprint density at radius 2 is 2.60 bits per heavy atom. The van der Waals surface area contributed by atoms with Gasteiger partial charge in [0, 0.05) is 6.04 Å². The van der Waals surface area contributed by atoms with Crippen LogP contribution in [-0.4, -0.2) is 24.8 Å². The first kappa shape index (κ1) is 7.51. The molecule has 0 spiro atoms. The summed E-state index contributed by atoms with van der Waals surface area (Å²) >= 11 is 0. The van der Waals surface area contributed by atoms with Crippen LogP contribution in [0.1, 0.15) is 6.42 Å². The van der Waals surface area contributed by atoms with Gasteiger partial charge in [0.15, 0.2) is 0 Å². The van der Waals surface area contributed by atoms with Crippen LogP contribution < -0.4 is 5.32 Å². The van der Waals surface area contributed by atoms with Gasteiger partial charge < -0.3 is 10.4 Å². The molecule has 2 heteroatoms. The van der Waals surface area contributed by atoms with Crippen LogP contribution in [0.5, 0.6) is 0 Å². The van der Waals surface area contributed by atoms with Gasteiger partial charge in [0.05, 0.1) is 6.61 Å². The Kier molecular flexibility index (Phi) is 2.66. The van der Waals surface area contributed by atoms with Gasteiger partial charge in [-0.25, -0.2) is 0 Å². The van der Waals surface area contributed by atoms with Crippen molar-refractivity contribution in [2.45, 2.75) is 12.5 Å². The summed E-state index contributed by atoms with van der Waals surface area (Å²) in [6, 6.07) is 0.454. The molecule has 0 bridgehead atoms. The van der Waals surface area contributed by atoms with Crippen LogP contribution in [0.4, 0.5) is 0 Å². The van der Waals surface area contributed by atoms with Gasteiger partial charge in [-0.15, -0.1) is 0 Å². The van der Waals surface area contributed by atoms with Gasteiger partial charge in [-0.3, -0.25) is 0 Å². The van der Waals surface area contributed by atoms with E-state index in [1.807, 2.05) is 13.1 Å². The van der Waals surface area contributed by atoms with Gasteiger partial charge in [0.2, 0.25) is 0 Å². The largest absolute Gasteiger partial charge is 0.392 e. The van der Waals surface area contributed by atoms with Crippen molar-refractivity contribution in [3.63, 3.8) is 0 Å². The molecule has 1 unspecified atom stereocenters. The second kappa shape index (κ2) is 3.54. The molecule has 10 heavy (non-hydrogen) atoms. The van der Waals surface area contributed by atoms with Crippen molar-refractivity contribution in [1.82, 2.24) is 5.32 Å². The Hall–Kier alpha value is -0.600. The average molecular weight is 139 g/mol. The molecular formula is C8H13NO. The first-order chi connectivity index (χ1) is 4.86. The predicted octanol–water partition coefficient (Wildman–Crippen LogP) is 0.453. The zero-order valence-corrected chi connectivity index (χ0v) is 6.17. The molecule has 0 fully saturated rings. The highest BCUT2D eigenvalue weighted by Crippen LogP contribution is 2.08. The first-order valence-corrected chi connectivity index (χ1v) is 3.52.